The molecular weight excluding hydrogens is 280 g/mol. The zero-order valence-corrected chi connectivity index (χ0v) is 12.4. The third kappa shape index (κ3) is 4.45. The van der Waals surface area contributed by atoms with Gasteiger partial charge >= 0.3 is 11.9 Å². The maximum atomic E-state index is 12.4. The van der Waals surface area contributed by atoms with Crippen LogP contribution in [0.5, 0.6) is 0 Å². The summed E-state index contributed by atoms with van der Waals surface area (Å²) >= 11 is 0. The molecule has 0 saturated heterocycles. The van der Waals surface area contributed by atoms with Gasteiger partial charge in [0.25, 0.3) is 0 Å². The molecule has 4 nitrogen and oxygen atoms in total. The lowest BCUT2D eigenvalue weighted by Gasteiger charge is -2.17. The molecule has 0 aliphatic rings. The van der Waals surface area contributed by atoms with Gasteiger partial charge in [0.1, 0.15) is 19.1 Å². The van der Waals surface area contributed by atoms with Crippen molar-refractivity contribution in [2.24, 2.45) is 0 Å². The van der Waals surface area contributed by atoms with Crippen LogP contribution < -0.4 is 0 Å². The highest BCUT2D eigenvalue weighted by atomic mass is 16.6. The van der Waals surface area contributed by atoms with E-state index >= 15 is 0 Å². The van der Waals surface area contributed by atoms with E-state index in [9.17, 15) is 9.59 Å². The maximum absolute atomic E-state index is 12.4. The van der Waals surface area contributed by atoms with Gasteiger partial charge in [-0.2, -0.15) is 0 Å². The van der Waals surface area contributed by atoms with Gasteiger partial charge in [0.05, 0.1) is 0 Å². The van der Waals surface area contributed by atoms with Crippen LogP contribution in [0.15, 0.2) is 60.7 Å². The summed E-state index contributed by atoms with van der Waals surface area (Å²) in [5.41, 5.74) is 1.73. The molecular formula is C18H18O4. The number of hydrogen-bond donors (Lipinski definition) is 0. The Balaban J connectivity index is 2.11. The van der Waals surface area contributed by atoms with Crippen LogP contribution in [0.1, 0.15) is 24.0 Å². The van der Waals surface area contributed by atoms with Crippen LogP contribution in [-0.4, -0.2) is 25.2 Å². The summed E-state index contributed by atoms with van der Waals surface area (Å²) in [4.78, 5) is 23.1. The molecule has 0 amide bonds. The zero-order valence-electron chi connectivity index (χ0n) is 12.4. The quantitative estimate of drug-likeness (QED) is 0.608. The van der Waals surface area contributed by atoms with Gasteiger partial charge in [-0.05, 0) is 11.1 Å². The Morgan fingerprint density at radius 2 is 1.27 bits per heavy atom. The Hall–Kier alpha value is -2.62. The molecule has 0 atom stereocenters. The first-order valence-electron chi connectivity index (χ1n) is 7.08. The minimum atomic E-state index is -0.486. The predicted molar refractivity (Wildman–Crippen MR) is 82.3 cm³/mol. The molecule has 114 valence electrons. The first kappa shape index (κ1) is 15.8. The van der Waals surface area contributed by atoms with Gasteiger partial charge in [-0.1, -0.05) is 60.7 Å². The van der Waals surface area contributed by atoms with Crippen molar-refractivity contribution in [1.29, 1.82) is 0 Å². The third-order valence-electron chi connectivity index (χ3n) is 3.13. The molecule has 0 heterocycles. The van der Waals surface area contributed by atoms with E-state index in [2.05, 4.69) is 0 Å². The van der Waals surface area contributed by atoms with E-state index in [4.69, 9.17) is 9.47 Å². The minimum Gasteiger partial charge on any atom is -0.462 e. The topological polar surface area (TPSA) is 52.6 Å². The zero-order chi connectivity index (χ0) is 15.8. The van der Waals surface area contributed by atoms with Gasteiger partial charge in [-0.3, -0.25) is 9.59 Å². The fourth-order valence-electron chi connectivity index (χ4n) is 2.17. The van der Waals surface area contributed by atoms with Gasteiger partial charge in [-0.15, -0.1) is 0 Å². The van der Waals surface area contributed by atoms with E-state index in [1.165, 1.54) is 6.92 Å². The number of benzene rings is 2. The van der Waals surface area contributed by atoms with Crippen LogP contribution in [0.4, 0.5) is 0 Å². The summed E-state index contributed by atoms with van der Waals surface area (Å²) in [6.07, 6.45) is 0. The largest absolute Gasteiger partial charge is 0.462 e. The predicted octanol–water partition coefficient (Wildman–Crippen LogP) is 2.92. The molecule has 0 radical (unpaired) electrons. The molecule has 0 spiro atoms. The molecule has 0 bridgehead atoms. The van der Waals surface area contributed by atoms with Gasteiger partial charge in [0, 0.05) is 6.92 Å². The molecule has 0 aliphatic heterocycles. The lowest BCUT2D eigenvalue weighted by atomic mass is 9.91. The van der Waals surface area contributed by atoms with Gasteiger partial charge in [-0.25, -0.2) is 0 Å². The highest BCUT2D eigenvalue weighted by Gasteiger charge is 2.23. The number of carbonyl (C=O) groups excluding carboxylic acids is 2. The summed E-state index contributed by atoms with van der Waals surface area (Å²) < 4.78 is 10.0. The normalized spacial score (nSPS) is 10.3. The molecule has 2 rings (SSSR count). The second-order valence-electron chi connectivity index (χ2n) is 4.76. The van der Waals surface area contributed by atoms with E-state index in [-0.39, 0.29) is 19.2 Å². The molecule has 22 heavy (non-hydrogen) atoms. The highest BCUT2D eigenvalue weighted by molar-refractivity contribution is 5.82. The summed E-state index contributed by atoms with van der Waals surface area (Å²) in [7, 11) is 0. The molecule has 0 saturated carbocycles. The van der Waals surface area contributed by atoms with E-state index in [1.807, 2.05) is 60.7 Å². The fraction of sp³-hybridized carbons (Fsp3) is 0.222. The fourth-order valence-corrected chi connectivity index (χ4v) is 2.17. The summed E-state index contributed by atoms with van der Waals surface area (Å²) in [5, 5.41) is 0. The lowest BCUT2D eigenvalue weighted by molar-refractivity contribution is -0.151. The number of ether oxygens (including phenoxy) is 2. The van der Waals surface area contributed by atoms with Crippen molar-refractivity contribution >= 4 is 11.9 Å². The van der Waals surface area contributed by atoms with Gasteiger partial charge in [0.15, 0.2) is 0 Å². The van der Waals surface area contributed by atoms with Crippen LogP contribution in [0.2, 0.25) is 0 Å². The number of carbonyl (C=O) groups is 2. The van der Waals surface area contributed by atoms with Crippen LogP contribution >= 0.6 is 0 Å². The van der Waals surface area contributed by atoms with E-state index in [0.717, 1.165) is 11.1 Å². The second-order valence-corrected chi connectivity index (χ2v) is 4.76. The Morgan fingerprint density at radius 3 is 1.73 bits per heavy atom. The van der Waals surface area contributed by atoms with Gasteiger partial charge < -0.3 is 9.47 Å². The third-order valence-corrected chi connectivity index (χ3v) is 3.13. The first-order valence-corrected chi connectivity index (χ1v) is 7.08. The average Bonchev–Trinajstić information content (AvgIpc) is 2.54. The summed E-state index contributed by atoms with van der Waals surface area (Å²) in [5.74, 6) is -1.23. The standard InChI is InChI=1S/C18H18O4/c1-14(19)21-12-13-22-18(20)17(15-8-4-2-5-9-15)16-10-6-3-7-11-16/h2-11,17H,12-13H2,1H3. The second kappa shape index (κ2) is 7.98. The molecule has 2 aromatic carbocycles. The van der Waals surface area contributed by atoms with Crippen molar-refractivity contribution in [1.82, 2.24) is 0 Å². The molecule has 4 heteroatoms. The smallest absolute Gasteiger partial charge is 0.318 e. The van der Waals surface area contributed by atoms with E-state index in [1.54, 1.807) is 0 Å². The first-order chi connectivity index (χ1) is 10.7. The van der Waals surface area contributed by atoms with Crippen molar-refractivity contribution < 1.29 is 19.1 Å². The van der Waals surface area contributed by atoms with Crippen LogP contribution in [0, 0.1) is 0 Å². The SMILES string of the molecule is CC(=O)OCCOC(=O)C(c1ccccc1)c1ccccc1. The summed E-state index contributed by atoms with van der Waals surface area (Å²) in [6, 6.07) is 18.9. The van der Waals surface area contributed by atoms with E-state index < -0.39 is 11.9 Å². The Kier molecular flexibility index (Phi) is 5.72. The molecule has 2 aromatic rings. The Morgan fingerprint density at radius 1 is 0.818 bits per heavy atom. The Bertz CT molecular complexity index is 568. The number of hydrogen-bond acceptors (Lipinski definition) is 4. The number of rotatable bonds is 6. The molecule has 0 aliphatic carbocycles. The summed E-state index contributed by atoms with van der Waals surface area (Å²) in [6.45, 7) is 1.44. The van der Waals surface area contributed by atoms with E-state index in [0.29, 0.717) is 0 Å². The molecule has 0 aromatic heterocycles. The maximum Gasteiger partial charge on any atom is 0.318 e. The molecule has 0 unspecified atom stereocenters. The van der Waals surface area contributed by atoms with Crippen molar-refractivity contribution in [2.75, 3.05) is 13.2 Å². The van der Waals surface area contributed by atoms with Crippen molar-refractivity contribution in [3.05, 3.63) is 71.8 Å². The molecule has 0 N–H and O–H groups in total. The van der Waals surface area contributed by atoms with Crippen LogP contribution in [0.25, 0.3) is 0 Å². The van der Waals surface area contributed by atoms with Gasteiger partial charge in [0.2, 0.25) is 0 Å². The van der Waals surface area contributed by atoms with Crippen LogP contribution in [-0.2, 0) is 19.1 Å². The Labute approximate surface area is 129 Å². The number of esters is 2. The average molecular weight is 298 g/mol. The monoisotopic (exact) mass is 298 g/mol. The minimum absolute atomic E-state index is 0.0502. The van der Waals surface area contributed by atoms with Crippen molar-refractivity contribution in [3.8, 4) is 0 Å². The lowest BCUT2D eigenvalue weighted by Crippen LogP contribution is -2.20. The van der Waals surface area contributed by atoms with Crippen molar-refractivity contribution in [3.63, 3.8) is 0 Å². The van der Waals surface area contributed by atoms with Crippen molar-refractivity contribution in [2.45, 2.75) is 12.8 Å². The highest BCUT2D eigenvalue weighted by Crippen LogP contribution is 2.25. The van der Waals surface area contributed by atoms with Crippen LogP contribution in [0.3, 0.4) is 0 Å². The molecule has 0 fully saturated rings.